The van der Waals surface area contributed by atoms with Crippen LogP contribution in [0.15, 0.2) is 0 Å². The molecule has 0 aromatic rings. The lowest BCUT2D eigenvalue weighted by atomic mass is 9.96. The van der Waals surface area contributed by atoms with E-state index in [9.17, 15) is 4.79 Å². The third kappa shape index (κ3) is 5.35. The Hall–Kier alpha value is -0.320. The molecule has 1 atom stereocenters. The maximum Gasteiger partial charge on any atom is 0.242 e. The summed E-state index contributed by atoms with van der Waals surface area (Å²) in [5.74, 6) is -0.0732. The topological polar surface area (TPSA) is 66.6 Å². The van der Waals surface area contributed by atoms with Crippen LogP contribution in [0.4, 0.5) is 0 Å². The van der Waals surface area contributed by atoms with E-state index in [2.05, 4.69) is 0 Å². The van der Waals surface area contributed by atoms with E-state index in [1.165, 1.54) is 0 Å². The fourth-order valence-electron chi connectivity index (χ4n) is 1.51. The molecule has 0 fully saturated rings. The van der Waals surface area contributed by atoms with Crippen LogP contribution in [0.2, 0.25) is 0 Å². The minimum absolute atomic E-state index is 0. The van der Waals surface area contributed by atoms with Gasteiger partial charge in [0.05, 0.1) is 12.1 Å². The Labute approximate surface area is 98.2 Å². The zero-order valence-corrected chi connectivity index (χ0v) is 10.6. The smallest absolute Gasteiger partial charge is 0.242 e. The van der Waals surface area contributed by atoms with Crippen molar-refractivity contribution in [3.63, 3.8) is 0 Å². The highest BCUT2D eigenvalue weighted by atomic mass is 35.5. The summed E-state index contributed by atoms with van der Waals surface area (Å²) in [6.07, 6.45) is 1.56. The summed E-state index contributed by atoms with van der Waals surface area (Å²) in [6.45, 7) is 6.58. The number of nitrogens with two attached hydrogens (primary N) is 1. The maximum absolute atomic E-state index is 11.9. The van der Waals surface area contributed by atoms with E-state index in [1.54, 1.807) is 11.8 Å². The molecule has 0 aromatic carbocycles. The number of aliphatic hydroxyl groups is 1. The molecule has 0 radical (unpaired) electrons. The van der Waals surface area contributed by atoms with Gasteiger partial charge >= 0.3 is 0 Å². The Morgan fingerprint density at radius 1 is 1.47 bits per heavy atom. The molecule has 3 N–H and O–H groups in total. The van der Waals surface area contributed by atoms with Crippen molar-refractivity contribution >= 4 is 18.3 Å². The lowest BCUT2D eigenvalue weighted by molar-refractivity contribution is -0.137. The SMILES string of the molecule is CCCC(C)(N)C(=O)N(CC)CCO.Cl. The molecule has 0 aliphatic rings. The number of hydrogen-bond donors (Lipinski definition) is 2. The van der Waals surface area contributed by atoms with Gasteiger partial charge in [0.15, 0.2) is 0 Å². The van der Waals surface area contributed by atoms with Crippen LogP contribution in [0, 0.1) is 0 Å². The second kappa shape index (κ2) is 7.91. The maximum atomic E-state index is 11.9. The molecule has 5 heteroatoms. The zero-order chi connectivity index (χ0) is 11.2. The molecule has 0 rings (SSSR count). The minimum Gasteiger partial charge on any atom is -0.395 e. The average Bonchev–Trinajstić information content (AvgIpc) is 2.13. The molecule has 0 spiro atoms. The van der Waals surface area contributed by atoms with E-state index in [0.29, 0.717) is 19.5 Å². The number of likely N-dealkylation sites (N-methyl/N-ethyl adjacent to an activating group) is 1. The van der Waals surface area contributed by atoms with Crippen LogP contribution < -0.4 is 5.73 Å². The molecule has 1 unspecified atom stereocenters. The molecule has 1 amide bonds. The summed E-state index contributed by atoms with van der Waals surface area (Å²) in [4.78, 5) is 13.5. The van der Waals surface area contributed by atoms with Gasteiger partial charge in [0.1, 0.15) is 0 Å². The zero-order valence-electron chi connectivity index (χ0n) is 9.82. The van der Waals surface area contributed by atoms with Gasteiger partial charge in [-0.1, -0.05) is 13.3 Å². The van der Waals surface area contributed by atoms with Gasteiger partial charge in [0.2, 0.25) is 5.91 Å². The molecule has 0 bridgehead atoms. The fourth-order valence-corrected chi connectivity index (χ4v) is 1.51. The van der Waals surface area contributed by atoms with Crippen LogP contribution in [0.5, 0.6) is 0 Å². The molecule has 0 heterocycles. The predicted octanol–water partition coefficient (Wildman–Crippen LogP) is 0.766. The van der Waals surface area contributed by atoms with E-state index in [4.69, 9.17) is 10.8 Å². The lowest BCUT2D eigenvalue weighted by Crippen LogP contribution is -2.53. The fraction of sp³-hybridized carbons (Fsp3) is 0.900. The number of rotatable bonds is 6. The number of aliphatic hydroxyl groups excluding tert-OH is 1. The van der Waals surface area contributed by atoms with Gasteiger partial charge in [-0.05, 0) is 20.3 Å². The first-order valence-corrected chi connectivity index (χ1v) is 5.18. The van der Waals surface area contributed by atoms with Crippen molar-refractivity contribution in [2.45, 2.75) is 39.2 Å². The highest BCUT2D eigenvalue weighted by Gasteiger charge is 2.30. The first-order chi connectivity index (χ1) is 6.49. The molecule has 15 heavy (non-hydrogen) atoms. The van der Waals surface area contributed by atoms with Crippen molar-refractivity contribution in [1.29, 1.82) is 0 Å². The van der Waals surface area contributed by atoms with Crippen molar-refractivity contribution in [2.24, 2.45) is 5.73 Å². The summed E-state index contributed by atoms with van der Waals surface area (Å²) in [5, 5.41) is 8.78. The first kappa shape index (κ1) is 17.1. The Kier molecular flexibility index (Phi) is 9.01. The largest absolute Gasteiger partial charge is 0.395 e. The van der Waals surface area contributed by atoms with E-state index in [-0.39, 0.29) is 24.9 Å². The second-order valence-electron chi connectivity index (χ2n) is 3.78. The second-order valence-corrected chi connectivity index (χ2v) is 3.78. The third-order valence-electron chi connectivity index (χ3n) is 2.30. The molecule has 0 aliphatic heterocycles. The normalized spacial score (nSPS) is 13.9. The van der Waals surface area contributed by atoms with Crippen LogP contribution in [-0.4, -0.2) is 41.1 Å². The summed E-state index contributed by atoms with van der Waals surface area (Å²) in [5.41, 5.74) is 5.11. The summed E-state index contributed by atoms with van der Waals surface area (Å²) < 4.78 is 0. The third-order valence-corrected chi connectivity index (χ3v) is 2.30. The number of carbonyl (C=O) groups is 1. The van der Waals surface area contributed by atoms with Gasteiger partial charge < -0.3 is 15.7 Å². The van der Waals surface area contributed by atoms with E-state index < -0.39 is 5.54 Å². The van der Waals surface area contributed by atoms with Crippen LogP contribution in [0.1, 0.15) is 33.6 Å². The Bertz CT molecular complexity index is 186. The lowest BCUT2D eigenvalue weighted by Gasteiger charge is -2.30. The molecule has 0 saturated heterocycles. The van der Waals surface area contributed by atoms with Crippen molar-refractivity contribution < 1.29 is 9.90 Å². The van der Waals surface area contributed by atoms with Crippen LogP contribution in [0.3, 0.4) is 0 Å². The van der Waals surface area contributed by atoms with Crippen LogP contribution >= 0.6 is 12.4 Å². The van der Waals surface area contributed by atoms with Gasteiger partial charge in [-0.15, -0.1) is 12.4 Å². The average molecular weight is 239 g/mol. The van der Waals surface area contributed by atoms with Crippen molar-refractivity contribution in [1.82, 2.24) is 4.90 Å². The highest BCUT2D eigenvalue weighted by Crippen LogP contribution is 2.12. The molecular weight excluding hydrogens is 216 g/mol. The number of carbonyl (C=O) groups excluding carboxylic acids is 1. The van der Waals surface area contributed by atoms with Gasteiger partial charge in [-0.25, -0.2) is 0 Å². The van der Waals surface area contributed by atoms with Crippen molar-refractivity contribution in [3.05, 3.63) is 0 Å². The quantitative estimate of drug-likeness (QED) is 0.718. The van der Waals surface area contributed by atoms with E-state index in [0.717, 1.165) is 6.42 Å². The predicted molar refractivity (Wildman–Crippen MR) is 64.1 cm³/mol. The van der Waals surface area contributed by atoms with E-state index >= 15 is 0 Å². The van der Waals surface area contributed by atoms with Crippen LogP contribution in [0.25, 0.3) is 0 Å². The molecular formula is C10H23ClN2O2. The van der Waals surface area contributed by atoms with Gasteiger partial charge in [-0.2, -0.15) is 0 Å². The van der Waals surface area contributed by atoms with Gasteiger partial charge in [0, 0.05) is 13.1 Å². The number of hydrogen-bond acceptors (Lipinski definition) is 3. The Balaban J connectivity index is 0. The van der Waals surface area contributed by atoms with Crippen molar-refractivity contribution in [2.75, 3.05) is 19.7 Å². The Morgan fingerprint density at radius 2 is 2.00 bits per heavy atom. The van der Waals surface area contributed by atoms with Gasteiger partial charge in [0.25, 0.3) is 0 Å². The van der Waals surface area contributed by atoms with Gasteiger partial charge in [-0.3, -0.25) is 4.79 Å². The molecule has 4 nitrogen and oxygen atoms in total. The first-order valence-electron chi connectivity index (χ1n) is 5.18. The number of nitrogens with zero attached hydrogens (tertiary/aromatic N) is 1. The van der Waals surface area contributed by atoms with Crippen molar-refractivity contribution in [3.8, 4) is 0 Å². The summed E-state index contributed by atoms with van der Waals surface area (Å²) in [6, 6.07) is 0. The summed E-state index contributed by atoms with van der Waals surface area (Å²) >= 11 is 0. The van der Waals surface area contributed by atoms with E-state index in [1.807, 2.05) is 13.8 Å². The standard InChI is InChI=1S/C10H22N2O2.ClH/c1-4-6-10(3,11)9(14)12(5-2)7-8-13;/h13H,4-8,11H2,1-3H3;1H. The molecule has 0 aliphatic carbocycles. The summed E-state index contributed by atoms with van der Waals surface area (Å²) in [7, 11) is 0. The number of amides is 1. The Morgan fingerprint density at radius 3 is 2.33 bits per heavy atom. The monoisotopic (exact) mass is 238 g/mol. The highest BCUT2D eigenvalue weighted by molar-refractivity contribution is 5.85. The molecule has 0 saturated carbocycles. The van der Waals surface area contributed by atoms with Crippen LogP contribution in [-0.2, 0) is 4.79 Å². The molecule has 0 aromatic heterocycles. The number of halogens is 1. The molecule has 92 valence electrons. The minimum atomic E-state index is -0.792.